The van der Waals surface area contributed by atoms with Gasteiger partial charge in [-0.25, -0.2) is 9.97 Å². The van der Waals surface area contributed by atoms with Crippen LogP contribution >= 0.6 is 0 Å². The summed E-state index contributed by atoms with van der Waals surface area (Å²) in [5.74, 6) is 0.849. The van der Waals surface area contributed by atoms with Crippen molar-refractivity contribution in [2.24, 2.45) is 0 Å². The third-order valence-corrected chi connectivity index (χ3v) is 3.34. The smallest absolute Gasteiger partial charge is 0.305 e. The van der Waals surface area contributed by atoms with Crippen LogP contribution in [0.2, 0.25) is 0 Å². The second-order valence-electron chi connectivity index (χ2n) is 4.73. The Morgan fingerprint density at radius 1 is 1.53 bits per heavy atom. The Hall–Kier alpha value is -1.85. The predicted molar refractivity (Wildman–Crippen MR) is 73.4 cm³/mol. The first-order valence-corrected chi connectivity index (χ1v) is 6.75. The Morgan fingerprint density at radius 2 is 2.37 bits per heavy atom. The maximum absolute atomic E-state index is 10.9. The molecule has 0 bridgehead atoms. The number of nitrogens with zero attached hydrogens (tertiary/aromatic N) is 3. The Labute approximate surface area is 112 Å². The third kappa shape index (κ3) is 3.56. The van der Waals surface area contributed by atoms with Crippen molar-refractivity contribution in [3.05, 3.63) is 12.4 Å². The number of carboxylic acids is 1. The molecule has 0 spiro atoms. The summed E-state index contributed by atoms with van der Waals surface area (Å²) in [4.78, 5) is 21.5. The lowest BCUT2D eigenvalue weighted by molar-refractivity contribution is -0.137. The molecule has 1 aromatic rings. The molecule has 1 aliphatic rings. The molecule has 1 unspecified atom stereocenters. The topological polar surface area (TPSA) is 78.4 Å². The maximum Gasteiger partial charge on any atom is 0.305 e. The van der Waals surface area contributed by atoms with E-state index in [1.54, 1.807) is 0 Å². The van der Waals surface area contributed by atoms with E-state index in [2.05, 4.69) is 20.2 Å². The van der Waals surface area contributed by atoms with E-state index in [9.17, 15) is 4.79 Å². The highest BCUT2D eigenvalue weighted by Crippen LogP contribution is 2.25. The Morgan fingerprint density at radius 3 is 3.11 bits per heavy atom. The van der Waals surface area contributed by atoms with Crippen molar-refractivity contribution < 1.29 is 9.90 Å². The van der Waals surface area contributed by atoms with Crippen molar-refractivity contribution in [1.82, 2.24) is 9.97 Å². The van der Waals surface area contributed by atoms with E-state index in [4.69, 9.17) is 5.11 Å². The molecule has 19 heavy (non-hydrogen) atoms. The van der Waals surface area contributed by atoms with Crippen LogP contribution in [0.4, 0.5) is 11.6 Å². The largest absolute Gasteiger partial charge is 0.481 e. The molecule has 1 fully saturated rings. The van der Waals surface area contributed by atoms with Gasteiger partial charge < -0.3 is 15.3 Å². The molecule has 1 aliphatic heterocycles. The molecule has 2 rings (SSSR count). The van der Waals surface area contributed by atoms with E-state index in [-0.39, 0.29) is 12.5 Å². The average molecular weight is 264 g/mol. The van der Waals surface area contributed by atoms with Gasteiger partial charge in [0.2, 0.25) is 0 Å². The zero-order valence-corrected chi connectivity index (χ0v) is 11.2. The van der Waals surface area contributed by atoms with E-state index in [1.165, 1.54) is 6.33 Å². The fourth-order valence-electron chi connectivity index (χ4n) is 2.50. The van der Waals surface area contributed by atoms with Gasteiger partial charge in [0.15, 0.2) is 0 Å². The lowest BCUT2D eigenvalue weighted by atomic mass is 9.99. The minimum absolute atomic E-state index is 0.0376. The highest BCUT2D eigenvalue weighted by atomic mass is 16.4. The minimum atomic E-state index is -0.752. The summed E-state index contributed by atoms with van der Waals surface area (Å²) in [5.41, 5.74) is 0. The summed E-state index contributed by atoms with van der Waals surface area (Å²) in [5, 5.41) is 12.1. The van der Waals surface area contributed by atoms with Crippen molar-refractivity contribution in [3.8, 4) is 0 Å². The van der Waals surface area contributed by atoms with Crippen LogP contribution in [0.5, 0.6) is 0 Å². The van der Waals surface area contributed by atoms with Crippen LogP contribution in [-0.4, -0.2) is 40.2 Å². The highest BCUT2D eigenvalue weighted by Gasteiger charge is 2.25. The molecule has 1 aromatic heterocycles. The number of carboxylic acid groups (broad SMARTS) is 1. The molecule has 6 nitrogen and oxygen atoms in total. The quantitative estimate of drug-likeness (QED) is 0.843. The van der Waals surface area contributed by atoms with Gasteiger partial charge in [0, 0.05) is 25.2 Å². The zero-order valence-electron chi connectivity index (χ0n) is 11.2. The molecule has 0 amide bonds. The molecule has 0 saturated carbocycles. The summed E-state index contributed by atoms with van der Waals surface area (Å²) < 4.78 is 0. The number of aliphatic carboxylic acids is 1. The molecule has 2 N–H and O–H groups in total. The van der Waals surface area contributed by atoms with Crippen LogP contribution in [0.15, 0.2) is 12.4 Å². The van der Waals surface area contributed by atoms with Crippen LogP contribution in [0.1, 0.15) is 32.6 Å². The fourth-order valence-corrected chi connectivity index (χ4v) is 2.50. The van der Waals surface area contributed by atoms with Gasteiger partial charge >= 0.3 is 5.97 Å². The molecule has 0 aromatic carbocycles. The van der Waals surface area contributed by atoms with E-state index in [1.807, 2.05) is 13.0 Å². The molecule has 1 saturated heterocycles. The molecular formula is C13H20N4O2. The van der Waals surface area contributed by atoms with Gasteiger partial charge in [-0.05, 0) is 26.2 Å². The van der Waals surface area contributed by atoms with Gasteiger partial charge in [-0.3, -0.25) is 4.79 Å². The number of hydrogen-bond acceptors (Lipinski definition) is 5. The second kappa shape index (κ2) is 6.36. The van der Waals surface area contributed by atoms with Crippen molar-refractivity contribution in [3.63, 3.8) is 0 Å². The number of rotatable bonds is 5. The van der Waals surface area contributed by atoms with Gasteiger partial charge in [-0.15, -0.1) is 0 Å². The average Bonchev–Trinajstić information content (AvgIpc) is 2.39. The predicted octanol–water partition coefficient (Wildman–Crippen LogP) is 1.74. The number of piperidine rings is 1. The van der Waals surface area contributed by atoms with Gasteiger partial charge in [0.1, 0.15) is 18.0 Å². The molecule has 2 heterocycles. The van der Waals surface area contributed by atoms with Gasteiger partial charge in [-0.1, -0.05) is 0 Å². The first-order valence-electron chi connectivity index (χ1n) is 6.75. The monoisotopic (exact) mass is 264 g/mol. The number of aromatic nitrogens is 2. The molecule has 0 aliphatic carbocycles. The maximum atomic E-state index is 10.9. The van der Waals surface area contributed by atoms with E-state index in [0.717, 1.165) is 44.0 Å². The Balaban J connectivity index is 2.16. The Kier molecular flexibility index (Phi) is 4.54. The molecular weight excluding hydrogens is 244 g/mol. The summed E-state index contributed by atoms with van der Waals surface area (Å²) in [6.45, 7) is 3.67. The lowest BCUT2D eigenvalue weighted by Gasteiger charge is -2.35. The summed E-state index contributed by atoms with van der Waals surface area (Å²) in [6.07, 6.45) is 4.77. The van der Waals surface area contributed by atoms with Gasteiger partial charge in [0.25, 0.3) is 0 Å². The van der Waals surface area contributed by atoms with Crippen molar-refractivity contribution >= 4 is 17.6 Å². The zero-order chi connectivity index (χ0) is 13.7. The molecule has 1 atom stereocenters. The van der Waals surface area contributed by atoms with E-state index < -0.39 is 5.97 Å². The van der Waals surface area contributed by atoms with Crippen LogP contribution in [0.25, 0.3) is 0 Å². The van der Waals surface area contributed by atoms with Crippen molar-refractivity contribution in [2.75, 3.05) is 23.3 Å². The first kappa shape index (κ1) is 13.6. The number of hydrogen-bond donors (Lipinski definition) is 2. The summed E-state index contributed by atoms with van der Waals surface area (Å²) in [6, 6.07) is 1.93. The molecule has 104 valence electrons. The SMILES string of the molecule is CCNc1cc(N2CCCCC2CC(=O)O)ncn1. The van der Waals surface area contributed by atoms with E-state index >= 15 is 0 Å². The van der Waals surface area contributed by atoms with Crippen molar-refractivity contribution in [1.29, 1.82) is 0 Å². The summed E-state index contributed by atoms with van der Waals surface area (Å²) >= 11 is 0. The number of nitrogens with one attached hydrogen (secondary N) is 1. The number of carbonyl (C=O) groups is 1. The molecule has 6 heteroatoms. The number of anilines is 2. The summed E-state index contributed by atoms with van der Waals surface area (Å²) in [7, 11) is 0. The fraction of sp³-hybridized carbons (Fsp3) is 0.615. The normalized spacial score (nSPS) is 19.2. The van der Waals surface area contributed by atoms with E-state index in [0.29, 0.717) is 0 Å². The van der Waals surface area contributed by atoms with Crippen LogP contribution in [-0.2, 0) is 4.79 Å². The van der Waals surface area contributed by atoms with Crippen LogP contribution < -0.4 is 10.2 Å². The van der Waals surface area contributed by atoms with Gasteiger partial charge in [-0.2, -0.15) is 0 Å². The first-order chi connectivity index (χ1) is 9.20. The van der Waals surface area contributed by atoms with Crippen molar-refractivity contribution in [2.45, 2.75) is 38.6 Å². The third-order valence-electron chi connectivity index (χ3n) is 3.34. The second-order valence-corrected chi connectivity index (χ2v) is 4.73. The standard InChI is InChI=1S/C13H20N4O2/c1-2-14-11-8-12(16-9-15-11)17-6-4-3-5-10(17)7-13(18)19/h8-10H,2-7H2,1H3,(H,18,19)(H,14,15,16). The lowest BCUT2D eigenvalue weighted by Crippen LogP contribution is -2.41. The Bertz CT molecular complexity index is 438. The van der Waals surface area contributed by atoms with Crippen LogP contribution in [0, 0.1) is 0 Å². The van der Waals surface area contributed by atoms with Gasteiger partial charge in [0.05, 0.1) is 6.42 Å². The van der Waals surface area contributed by atoms with Crippen LogP contribution in [0.3, 0.4) is 0 Å². The minimum Gasteiger partial charge on any atom is -0.481 e. The highest BCUT2D eigenvalue weighted by molar-refractivity contribution is 5.68. The molecule has 0 radical (unpaired) electrons.